The highest BCUT2D eigenvalue weighted by atomic mass is 19.3. The molecule has 0 saturated carbocycles. The molecule has 0 amide bonds. The molecule has 0 spiro atoms. The number of halogens is 4. The summed E-state index contributed by atoms with van der Waals surface area (Å²) in [5.74, 6) is -3.91. The zero-order chi connectivity index (χ0) is 13.1. The molecule has 0 unspecified atom stereocenters. The Balaban J connectivity index is 2.79. The van der Waals surface area contributed by atoms with E-state index in [1.165, 1.54) is 0 Å². The molecule has 0 aliphatic carbocycles. The van der Waals surface area contributed by atoms with E-state index in [1.807, 2.05) is 0 Å². The van der Waals surface area contributed by atoms with E-state index in [4.69, 9.17) is 5.73 Å². The minimum absolute atomic E-state index is 0.0559. The summed E-state index contributed by atoms with van der Waals surface area (Å²) in [6, 6.07) is 0. The Morgan fingerprint density at radius 2 is 2.06 bits per heavy atom. The molecule has 0 fully saturated rings. The Morgan fingerprint density at radius 1 is 1.41 bits per heavy atom. The van der Waals surface area contributed by atoms with Crippen LogP contribution in [-0.2, 0) is 6.42 Å². The van der Waals surface area contributed by atoms with Crippen LogP contribution in [0.4, 0.5) is 29.2 Å². The van der Waals surface area contributed by atoms with E-state index < -0.39 is 18.9 Å². The number of nitrogen functional groups attached to an aromatic ring is 1. The third-order valence-corrected chi connectivity index (χ3v) is 2.14. The van der Waals surface area contributed by atoms with Crippen LogP contribution >= 0.6 is 0 Å². The Morgan fingerprint density at radius 3 is 2.59 bits per heavy atom. The summed E-state index contributed by atoms with van der Waals surface area (Å²) in [6.07, 6.45) is -2.23. The molecule has 1 aromatic rings. The van der Waals surface area contributed by atoms with Gasteiger partial charge in [-0.1, -0.05) is 6.92 Å². The van der Waals surface area contributed by atoms with E-state index in [0.29, 0.717) is 12.0 Å². The van der Waals surface area contributed by atoms with Crippen LogP contribution in [0.1, 0.15) is 12.5 Å². The smallest absolute Gasteiger partial charge is 0.324 e. The first-order chi connectivity index (χ1) is 7.88. The molecule has 0 bridgehead atoms. The van der Waals surface area contributed by atoms with Gasteiger partial charge in [0.05, 0.1) is 6.54 Å². The summed E-state index contributed by atoms with van der Waals surface area (Å²) in [7, 11) is 0. The van der Waals surface area contributed by atoms with Crippen LogP contribution < -0.4 is 11.1 Å². The van der Waals surface area contributed by atoms with Crippen molar-refractivity contribution in [2.75, 3.05) is 17.6 Å². The van der Waals surface area contributed by atoms with Gasteiger partial charge < -0.3 is 11.1 Å². The number of nitrogens with two attached hydrogens (primary N) is 1. The van der Waals surface area contributed by atoms with E-state index in [9.17, 15) is 17.6 Å². The molecule has 0 atom stereocenters. The molecule has 0 aliphatic heterocycles. The third-order valence-electron chi connectivity index (χ3n) is 2.14. The predicted octanol–water partition coefficient (Wildman–Crippen LogP) is 1.93. The molecule has 1 rings (SSSR count). The van der Waals surface area contributed by atoms with Gasteiger partial charge in [0.25, 0.3) is 0 Å². The fourth-order valence-electron chi connectivity index (χ4n) is 1.21. The van der Waals surface area contributed by atoms with E-state index >= 15 is 0 Å². The second-order valence-corrected chi connectivity index (χ2v) is 3.35. The fraction of sp³-hybridized carbons (Fsp3) is 0.556. The lowest BCUT2D eigenvalue weighted by atomic mass is 10.2. The van der Waals surface area contributed by atoms with Crippen LogP contribution in [0, 0.1) is 0 Å². The van der Waals surface area contributed by atoms with Crippen LogP contribution in [0.2, 0.25) is 0 Å². The zero-order valence-electron chi connectivity index (χ0n) is 9.05. The maximum Gasteiger partial charge on any atom is 0.324 e. The van der Waals surface area contributed by atoms with Crippen molar-refractivity contribution in [1.29, 1.82) is 0 Å². The van der Waals surface area contributed by atoms with Gasteiger partial charge in [-0.05, 0) is 6.42 Å². The fourth-order valence-corrected chi connectivity index (χ4v) is 1.21. The molecular weight excluding hydrogens is 240 g/mol. The second kappa shape index (κ2) is 5.15. The van der Waals surface area contributed by atoms with Crippen LogP contribution in [-0.4, -0.2) is 28.9 Å². The minimum Gasteiger partial charge on any atom is -0.383 e. The van der Waals surface area contributed by atoms with Gasteiger partial charge in [0.2, 0.25) is 0 Å². The summed E-state index contributed by atoms with van der Waals surface area (Å²) >= 11 is 0. The second-order valence-electron chi connectivity index (χ2n) is 3.35. The molecule has 0 saturated heterocycles. The first-order valence-corrected chi connectivity index (χ1v) is 4.87. The van der Waals surface area contributed by atoms with Gasteiger partial charge in [0.1, 0.15) is 18.0 Å². The summed E-state index contributed by atoms with van der Waals surface area (Å²) < 4.78 is 49.2. The normalized spacial score (nSPS) is 11.9. The standard InChI is InChI=1S/C9H12F4N4/c1-2-5-6(14)16-4-17-7(5)15-3-9(12,13)8(10)11/h4,8H,2-3H2,1H3,(H3,14,15,16,17). The summed E-state index contributed by atoms with van der Waals surface area (Å²) in [5.41, 5.74) is 5.93. The molecule has 3 N–H and O–H groups in total. The Kier molecular flexibility index (Phi) is 4.08. The molecule has 17 heavy (non-hydrogen) atoms. The van der Waals surface area contributed by atoms with E-state index in [1.54, 1.807) is 6.92 Å². The van der Waals surface area contributed by atoms with Gasteiger partial charge in [-0.3, -0.25) is 0 Å². The quantitative estimate of drug-likeness (QED) is 0.786. The highest BCUT2D eigenvalue weighted by molar-refractivity contribution is 5.54. The number of alkyl halides is 4. The van der Waals surface area contributed by atoms with Crippen molar-refractivity contribution in [3.05, 3.63) is 11.9 Å². The molecule has 1 aromatic heterocycles. The van der Waals surface area contributed by atoms with Gasteiger partial charge in [-0.2, -0.15) is 8.78 Å². The van der Waals surface area contributed by atoms with Crippen molar-refractivity contribution >= 4 is 11.6 Å². The largest absolute Gasteiger partial charge is 0.383 e. The number of hydrogen-bond donors (Lipinski definition) is 2. The van der Waals surface area contributed by atoms with Crippen molar-refractivity contribution in [2.45, 2.75) is 25.7 Å². The molecule has 8 heteroatoms. The number of nitrogens with zero attached hydrogens (tertiary/aromatic N) is 2. The molecule has 96 valence electrons. The lowest BCUT2D eigenvalue weighted by molar-refractivity contribution is -0.117. The van der Waals surface area contributed by atoms with Gasteiger partial charge in [0.15, 0.2) is 0 Å². The summed E-state index contributed by atoms with van der Waals surface area (Å²) in [4.78, 5) is 7.37. The van der Waals surface area contributed by atoms with Gasteiger partial charge in [-0.15, -0.1) is 0 Å². The van der Waals surface area contributed by atoms with Crippen LogP contribution in [0.5, 0.6) is 0 Å². The SMILES string of the molecule is CCc1c(N)ncnc1NCC(F)(F)C(F)F. The number of aromatic nitrogens is 2. The van der Waals surface area contributed by atoms with E-state index in [-0.39, 0.29) is 11.6 Å². The number of rotatable bonds is 5. The minimum atomic E-state index is -4.11. The Labute approximate surface area is 95.2 Å². The van der Waals surface area contributed by atoms with E-state index in [2.05, 4.69) is 15.3 Å². The lowest BCUT2D eigenvalue weighted by Crippen LogP contribution is -2.35. The van der Waals surface area contributed by atoms with E-state index in [0.717, 1.165) is 6.33 Å². The van der Waals surface area contributed by atoms with Crippen LogP contribution in [0.25, 0.3) is 0 Å². The first kappa shape index (κ1) is 13.5. The average Bonchev–Trinajstić information content (AvgIpc) is 2.26. The molecule has 1 heterocycles. The highest BCUT2D eigenvalue weighted by Crippen LogP contribution is 2.24. The van der Waals surface area contributed by atoms with Crippen molar-refractivity contribution < 1.29 is 17.6 Å². The average molecular weight is 252 g/mol. The predicted molar refractivity (Wildman–Crippen MR) is 55.3 cm³/mol. The highest BCUT2D eigenvalue weighted by Gasteiger charge is 2.40. The molecular formula is C9H12F4N4. The Hall–Kier alpha value is -1.60. The number of hydrogen-bond acceptors (Lipinski definition) is 4. The summed E-state index contributed by atoms with van der Waals surface area (Å²) in [5, 5.41) is 2.17. The monoisotopic (exact) mass is 252 g/mol. The summed E-state index contributed by atoms with van der Waals surface area (Å²) in [6.45, 7) is 0.527. The molecule has 0 aromatic carbocycles. The maximum atomic E-state index is 12.7. The Bertz CT molecular complexity index is 383. The number of anilines is 2. The lowest BCUT2D eigenvalue weighted by Gasteiger charge is -2.17. The van der Waals surface area contributed by atoms with Crippen molar-refractivity contribution in [2.24, 2.45) is 0 Å². The number of nitrogens with one attached hydrogen (secondary N) is 1. The molecule has 0 aliphatic rings. The zero-order valence-corrected chi connectivity index (χ0v) is 9.05. The van der Waals surface area contributed by atoms with Crippen molar-refractivity contribution in [3.8, 4) is 0 Å². The topological polar surface area (TPSA) is 63.8 Å². The van der Waals surface area contributed by atoms with Crippen LogP contribution in [0.15, 0.2) is 6.33 Å². The van der Waals surface area contributed by atoms with Crippen molar-refractivity contribution in [3.63, 3.8) is 0 Å². The maximum absolute atomic E-state index is 12.7. The third kappa shape index (κ3) is 3.18. The van der Waals surface area contributed by atoms with Gasteiger partial charge >= 0.3 is 12.3 Å². The molecule has 0 radical (unpaired) electrons. The van der Waals surface area contributed by atoms with Gasteiger partial charge in [-0.25, -0.2) is 18.7 Å². The molecule has 4 nitrogen and oxygen atoms in total. The van der Waals surface area contributed by atoms with Crippen molar-refractivity contribution in [1.82, 2.24) is 9.97 Å². The first-order valence-electron chi connectivity index (χ1n) is 4.87. The van der Waals surface area contributed by atoms with Gasteiger partial charge in [0, 0.05) is 5.56 Å². The van der Waals surface area contributed by atoms with Crippen LogP contribution in [0.3, 0.4) is 0 Å².